The van der Waals surface area contributed by atoms with Gasteiger partial charge in [0.2, 0.25) is 0 Å². The molecule has 5 aromatic carbocycles. The Morgan fingerprint density at radius 3 is 1.14 bits per heavy atom. The number of fused-ring (bicyclic) bond motifs is 7. The average molecular weight is 1200 g/mol. The number of rotatable bonds is 7. The Morgan fingerprint density at radius 2 is 0.714 bits per heavy atom. The molecule has 8 aliphatic rings. The number of hydrogen-bond acceptors (Lipinski definition) is 12. The second-order valence-electron chi connectivity index (χ2n) is 24.1. The predicted octanol–water partition coefficient (Wildman–Crippen LogP) is 17.3. The molecule has 16 heteroatoms. The second-order valence-corrected chi connectivity index (χ2v) is 25.6. The lowest BCUT2D eigenvalue weighted by Crippen LogP contribution is -2.42. The summed E-state index contributed by atoms with van der Waals surface area (Å²) in [5.74, 6) is 3.39. The Bertz CT molecular complexity index is 4030. The van der Waals surface area contributed by atoms with Gasteiger partial charge in [0.1, 0.15) is 11.6 Å². The molecule has 0 bridgehead atoms. The van der Waals surface area contributed by atoms with Crippen molar-refractivity contribution in [1.29, 1.82) is 0 Å². The maximum atomic E-state index is 14.7. The fraction of sp³-hybridized carbons (Fsp3) is 0.353. The normalized spacial score (nSPS) is 20.9. The van der Waals surface area contributed by atoms with Gasteiger partial charge in [-0.15, -0.1) is 0 Å². The van der Waals surface area contributed by atoms with E-state index in [1.54, 1.807) is 12.2 Å². The summed E-state index contributed by atoms with van der Waals surface area (Å²) in [6.45, 7) is 0. The Hall–Kier alpha value is -6.96. The molecular formula is C68H60Cl4N8O4. The minimum absolute atomic E-state index is 0.0353. The Balaban J connectivity index is 0.780. The van der Waals surface area contributed by atoms with Gasteiger partial charge < -0.3 is 19.6 Å². The molecule has 0 N–H and O–H groups in total. The number of Topliss-reactive ketones (excluding diaryl/α,β-unsaturated/α-hetero) is 4. The minimum Gasteiger partial charge on any atom is -0.306 e. The van der Waals surface area contributed by atoms with Crippen molar-refractivity contribution in [2.24, 2.45) is 0 Å². The molecular weight excluding hydrogens is 1130 g/mol. The summed E-state index contributed by atoms with van der Waals surface area (Å²) in [4.78, 5) is 88.2. The van der Waals surface area contributed by atoms with Gasteiger partial charge in [-0.2, -0.15) is 0 Å². The zero-order valence-electron chi connectivity index (χ0n) is 46.4. The van der Waals surface area contributed by atoms with Gasteiger partial charge in [0, 0.05) is 35.3 Å². The SMILES string of the molecule is O=C1/C(=C/C=C2N(C3CCCCC3)c3nc4ccccc4nc3N2C2CCCCC2)C(=O)c2cc3cc(-c4ccc5nc6c(nc5c4)N(C4CCCCC4)/C(=C\C=C4C(=O)c5c(Cl)c(Cl)c(Cl)c(Cl)c5C4=O)N6C4CCCCC4)ccc3cc21. The number of hydrogen-bond donors (Lipinski definition) is 0. The van der Waals surface area contributed by atoms with Crippen LogP contribution in [0.4, 0.5) is 23.3 Å². The number of ketones is 4. The highest BCUT2D eigenvalue weighted by atomic mass is 35.5. The highest BCUT2D eigenvalue weighted by Crippen LogP contribution is 2.51. The quantitative estimate of drug-likeness (QED) is 0.0651. The second kappa shape index (κ2) is 21.5. The van der Waals surface area contributed by atoms with Crippen LogP contribution in [0, 0.1) is 0 Å². The maximum Gasteiger partial charge on any atom is 0.199 e. The van der Waals surface area contributed by atoms with Crippen molar-refractivity contribution in [3.63, 3.8) is 0 Å². The fourth-order valence-electron chi connectivity index (χ4n) is 14.9. The molecule has 2 aromatic heterocycles. The van der Waals surface area contributed by atoms with Crippen molar-refractivity contribution in [2.75, 3.05) is 19.6 Å². The van der Waals surface area contributed by atoms with Crippen LogP contribution in [-0.2, 0) is 0 Å². The van der Waals surface area contributed by atoms with Gasteiger partial charge in [-0.25, -0.2) is 19.9 Å². The third kappa shape index (κ3) is 8.81. The summed E-state index contributed by atoms with van der Waals surface area (Å²) in [6.07, 6.45) is 28.8. The van der Waals surface area contributed by atoms with Gasteiger partial charge in [0.15, 0.2) is 46.4 Å². The van der Waals surface area contributed by atoms with Crippen LogP contribution in [-0.4, -0.2) is 67.2 Å². The van der Waals surface area contributed by atoms with Crippen molar-refractivity contribution in [2.45, 2.75) is 153 Å². The predicted molar refractivity (Wildman–Crippen MR) is 336 cm³/mol. The first kappa shape index (κ1) is 53.7. The minimum atomic E-state index is -0.553. The van der Waals surface area contributed by atoms with Gasteiger partial charge >= 0.3 is 0 Å². The number of aromatic nitrogens is 4. The third-order valence-electron chi connectivity index (χ3n) is 19.1. The molecule has 4 fully saturated rings. The van der Waals surface area contributed by atoms with Crippen LogP contribution in [0.15, 0.2) is 120 Å². The van der Waals surface area contributed by atoms with E-state index in [9.17, 15) is 19.2 Å². The van der Waals surface area contributed by atoms with Gasteiger partial charge in [0.25, 0.3) is 0 Å². The number of nitrogens with zero attached hydrogens (tertiary/aromatic N) is 8. The van der Waals surface area contributed by atoms with E-state index in [0.29, 0.717) is 11.1 Å². The lowest BCUT2D eigenvalue weighted by atomic mass is 9.93. The van der Waals surface area contributed by atoms with E-state index in [-0.39, 0.29) is 78.1 Å². The van der Waals surface area contributed by atoms with E-state index >= 15 is 0 Å². The number of carbonyl (C=O) groups excluding carboxylic acids is 4. The molecule has 0 saturated heterocycles. The Labute approximate surface area is 507 Å². The Kier molecular flexibility index (Phi) is 13.8. The molecule has 0 amide bonds. The topological polar surface area (TPSA) is 133 Å². The molecule has 12 nitrogen and oxygen atoms in total. The number of para-hydroxylation sites is 2. The zero-order chi connectivity index (χ0) is 57.1. The molecule has 0 spiro atoms. The first-order valence-corrected chi connectivity index (χ1v) is 31.7. The molecule has 6 aliphatic carbocycles. The number of anilines is 4. The van der Waals surface area contributed by atoms with Crippen molar-refractivity contribution in [1.82, 2.24) is 19.9 Å². The van der Waals surface area contributed by atoms with Crippen LogP contribution < -0.4 is 19.6 Å². The summed E-state index contributed by atoms with van der Waals surface area (Å²) < 4.78 is 0. The highest BCUT2D eigenvalue weighted by molar-refractivity contribution is 6.57. The molecule has 84 heavy (non-hydrogen) atoms. The molecule has 4 heterocycles. The highest BCUT2D eigenvalue weighted by Gasteiger charge is 2.46. The van der Waals surface area contributed by atoms with Crippen LogP contribution in [0.1, 0.15) is 170 Å². The molecule has 2 aliphatic heterocycles. The Morgan fingerprint density at radius 1 is 0.357 bits per heavy atom. The first-order chi connectivity index (χ1) is 41.0. The number of allylic oxidation sites excluding steroid dienone is 6. The van der Waals surface area contributed by atoms with Gasteiger partial charge in [-0.3, -0.25) is 19.2 Å². The summed E-state index contributed by atoms with van der Waals surface area (Å²) >= 11 is 25.9. The van der Waals surface area contributed by atoms with E-state index in [1.165, 1.54) is 12.8 Å². The lowest BCUT2D eigenvalue weighted by Gasteiger charge is -2.37. The van der Waals surface area contributed by atoms with Crippen LogP contribution in [0.25, 0.3) is 44.0 Å². The standard InChI is InChI=1S/C68H60Cl4N8O4/c69-57-55-56(58(70)60(72)59(57)71)64(84)46(63(55)83)29-32-54-79(43-19-9-3-10-20-43)67-68(80(54)44-21-11-4-12-22-44)76-52-36-39(27-30-51(52)75-67)37-25-26-38-34-47-48(35-40(38)33-37)62(82)45(61(47)81)28-31-53-77(41-15-5-1-6-16-41)65-66(78(53)42-17-7-2-8-18-42)74-50-24-14-13-23-49(50)73-65/h13-14,23-36,41-44H,1-12,15-22H2/b45-28-,54-32-. The van der Waals surface area contributed by atoms with Crippen molar-refractivity contribution < 1.29 is 19.2 Å². The van der Waals surface area contributed by atoms with Crippen molar-refractivity contribution in [3.8, 4) is 11.1 Å². The van der Waals surface area contributed by atoms with Gasteiger partial charge in [0.05, 0.1) is 64.4 Å². The number of benzene rings is 5. The number of carbonyl (C=O) groups is 4. The number of halogens is 4. The van der Waals surface area contributed by atoms with Crippen LogP contribution >= 0.6 is 46.4 Å². The van der Waals surface area contributed by atoms with E-state index in [2.05, 4.69) is 43.9 Å². The molecule has 0 radical (unpaired) electrons. The van der Waals surface area contributed by atoms with Crippen molar-refractivity contribution in [3.05, 3.63) is 162 Å². The van der Waals surface area contributed by atoms with Gasteiger partial charge in [-0.1, -0.05) is 154 Å². The molecule has 15 rings (SSSR count). The van der Waals surface area contributed by atoms with Gasteiger partial charge in [-0.05, 0) is 140 Å². The van der Waals surface area contributed by atoms with Crippen LogP contribution in [0.2, 0.25) is 20.1 Å². The zero-order valence-corrected chi connectivity index (χ0v) is 49.4. The molecule has 0 atom stereocenters. The molecule has 7 aromatic rings. The van der Waals surface area contributed by atoms with Crippen LogP contribution in [0.5, 0.6) is 0 Å². The average Bonchev–Trinajstić information content (AvgIpc) is 2.56. The van der Waals surface area contributed by atoms with E-state index in [1.807, 2.05) is 60.7 Å². The fourth-order valence-corrected chi connectivity index (χ4v) is 15.9. The molecule has 4 saturated carbocycles. The first-order valence-electron chi connectivity index (χ1n) is 30.2. The maximum absolute atomic E-state index is 14.7. The molecule has 424 valence electrons. The smallest absolute Gasteiger partial charge is 0.199 e. The summed E-state index contributed by atoms with van der Waals surface area (Å²) in [7, 11) is 0. The third-order valence-corrected chi connectivity index (χ3v) is 20.9. The summed E-state index contributed by atoms with van der Waals surface area (Å²) in [5, 5.41) is 1.39. The van der Waals surface area contributed by atoms with E-state index in [4.69, 9.17) is 66.3 Å². The monoisotopic (exact) mass is 1190 g/mol. The van der Waals surface area contributed by atoms with Crippen molar-refractivity contribution >= 4 is 126 Å². The van der Waals surface area contributed by atoms with E-state index < -0.39 is 11.6 Å². The summed E-state index contributed by atoms with van der Waals surface area (Å²) in [6, 6.07) is 24.8. The summed E-state index contributed by atoms with van der Waals surface area (Å²) in [5.41, 5.74) is 5.88. The largest absolute Gasteiger partial charge is 0.306 e. The van der Waals surface area contributed by atoms with Crippen LogP contribution in [0.3, 0.4) is 0 Å². The molecule has 0 unspecified atom stereocenters. The van der Waals surface area contributed by atoms with E-state index in [0.717, 1.165) is 194 Å². The lowest BCUT2D eigenvalue weighted by molar-refractivity contribution is 0.0973.